The first-order valence-corrected chi connectivity index (χ1v) is 11.7. The fourth-order valence-corrected chi connectivity index (χ4v) is 3.93. The third-order valence-electron chi connectivity index (χ3n) is 5.57. The topological polar surface area (TPSA) is 90.3 Å². The Balaban J connectivity index is 1.84. The van der Waals surface area contributed by atoms with Gasteiger partial charge in [-0.25, -0.2) is 9.48 Å². The number of esters is 1. The predicted octanol–water partition coefficient (Wildman–Crippen LogP) is 5.09. The molecule has 0 saturated heterocycles. The molecule has 0 unspecified atom stereocenters. The molecule has 0 aliphatic rings. The minimum atomic E-state index is -0.745. The summed E-state index contributed by atoms with van der Waals surface area (Å²) in [6, 6.07) is 12.8. The first-order valence-electron chi connectivity index (χ1n) is 11.7. The number of hydrogen-bond donors (Lipinski definition) is 1. The highest BCUT2D eigenvalue weighted by Gasteiger charge is 2.21. The van der Waals surface area contributed by atoms with Crippen LogP contribution < -0.4 is 10.9 Å². The average Bonchev–Trinajstić information content (AvgIpc) is 2.79. The second-order valence-electron chi connectivity index (χ2n) is 9.52. The van der Waals surface area contributed by atoms with Crippen LogP contribution in [0.2, 0.25) is 0 Å². The molecule has 7 heteroatoms. The van der Waals surface area contributed by atoms with Gasteiger partial charge < -0.3 is 10.1 Å². The van der Waals surface area contributed by atoms with E-state index in [0.717, 1.165) is 16.8 Å². The van der Waals surface area contributed by atoms with Crippen molar-refractivity contribution in [2.75, 3.05) is 11.9 Å². The highest BCUT2D eigenvalue weighted by molar-refractivity contribution is 6.03. The molecule has 1 heterocycles. The van der Waals surface area contributed by atoms with Crippen LogP contribution in [0.4, 0.5) is 5.69 Å². The fourth-order valence-electron chi connectivity index (χ4n) is 3.93. The molecule has 0 atom stereocenters. The van der Waals surface area contributed by atoms with Gasteiger partial charge in [-0.2, -0.15) is 5.10 Å². The van der Waals surface area contributed by atoms with E-state index in [4.69, 9.17) is 4.74 Å². The molecule has 2 aromatic carbocycles. The van der Waals surface area contributed by atoms with Crippen molar-refractivity contribution in [3.05, 3.63) is 69.6 Å². The van der Waals surface area contributed by atoms with E-state index in [0.29, 0.717) is 17.3 Å². The number of amides is 1. The Hall–Kier alpha value is -3.48. The van der Waals surface area contributed by atoms with E-state index in [1.165, 1.54) is 4.68 Å². The molecule has 0 saturated carbocycles. The minimum Gasteiger partial charge on any atom is -0.451 e. The standard InChI is InChI=1S/C27H33N3O4/c1-16(2)14-30-26(32)22-11-8-7-10-21(22)25(29-30)27(33)34-15-23(31)28-24-19(17(3)4)12-9-13-20(24)18(5)6/h7-13,16-18H,14-15H2,1-6H3,(H,28,31). The van der Waals surface area contributed by atoms with Crippen LogP contribution >= 0.6 is 0 Å². The fraction of sp³-hybridized carbons (Fsp3) is 0.407. The van der Waals surface area contributed by atoms with E-state index in [9.17, 15) is 14.4 Å². The molecular formula is C27H33N3O4. The zero-order valence-corrected chi connectivity index (χ0v) is 20.7. The van der Waals surface area contributed by atoms with Crippen molar-refractivity contribution >= 4 is 28.3 Å². The third kappa shape index (κ3) is 5.53. The summed E-state index contributed by atoms with van der Waals surface area (Å²) in [6.07, 6.45) is 0. The minimum absolute atomic E-state index is 0.0223. The van der Waals surface area contributed by atoms with Crippen LogP contribution in [-0.2, 0) is 16.1 Å². The lowest BCUT2D eigenvalue weighted by Gasteiger charge is -2.20. The van der Waals surface area contributed by atoms with Gasteiger partial charge in [0, 0.05) is 17.6 Å². The molecule has 0 aliphatic heterocycles. The summed E-state index contributed by atoms with van der Waals surface area (Å²) in [4.78, 5) is 38.5. The summed E-state index contributed by atoms with van der Waals surface area (Å²) in [6.45, 7) is 12.1. The number of benzene rings is 2. The molecule has 3 aromatic rings. The van der Waals surface area contributed by atoms with Crippen LogP contribution in [0.1, 0.15) is 75.0 Å². The van der Waals surface area contributed by atoms with Crippen molar-refractivity contribution in [1.82, 2.24) is 9.78 Å². The molecule has 7 nitrogen and oxygen atoms in total. The van der Waals surface area contributed by atoms with Gasteiger partial charge in [-0.05, 0) is 34.9 Å². The SMILES string of the molecule is CC(C)Cn1nc(C(=O)OCC(=O)Nc2c(C(C)C)cccc2C(C)C)c2ccccc2c1=O. The van der Waals surface area contributed by atoms with Crippen LogP contribution in [-0.4, -0.2) is 28.3 Å². The van der Waals surface area contributed by atoms with Crippen LogP contribution in [0.15, 0.2) is 47.3 Å². The zero-order valence-electron chi connectivity index (χ0n) is 20.7. The number of aromatic nitrogens is 2. The molecule has 0 aliphatic carbocycles. The van der Waals surface area contributed by atoms with Gasteiger partial charge in [0.15, 0.2) is 12.3 Å². The molecule has 3 rings (SSSR count). The maximum Gasteiger partial charge on any atom is 0.359 e. The number of nitrogens with one attached hydrogen (secondary N) is 1. The number of fused-ring (bicyclic) bond motifs is 1. The molecule has 1 amide bonds. The lowest BCUT2D eigenvalue weighted by molar-refractivity contribution is -0.119. The largest absolute Gasteiger partial charge is 0.451 e. The first kappa shape index (κ1) is 25.1. The van der Waals surface area contributed by atoms with E-state index in [1.54, 1.807) is 24.3 Å². The normalized spacial score (nSPS) is 11.4. The van der Waals surface area contributed by atoms with Gasteiger partial charge in [-0.3, -0.25) is 9.59 Å². The summed E-state index contributed by atoms with van der Waals surface area (Å²) in [5, 5.41) is 8.01. The maximum atomic E-state index is 12.9. The summed E-state index contributed by atoms with van der Waals surface area (Å²) >= 11 is 0. The van der Waals surface area contributed by atoms with E-state index < -0.39 is 18.5 Å². The summed E-state index contributed by atoms with van der Waals surface area (Å²) in [5.74, 6) is -0.575. The Kier molecular flexibility index (Phi) is 7.87. The van der Waals surface area contributed by atoms with Gasteiger partial charge in [0.05, 0.1) is 5.39 Å². The maximum absolute atomic E-state index is 12.9. The molecular weight excluding hydrogens is 430 g/mol. The van der Waals surface area contributed by atoms with Crippen molar-refractivity contribution in [3.8, 4) is 0 Å². The van der Waals surface area contributed by atoms with Gasteiger partial charge in [-0.1, -0.05) is 77.9 Å². The highest BCUT2D eigenvalue weighted by Crippen LogP contribution is 2.32. The van der Waals surface area contributed by atoms with Crippen molar-refractivity contribution in [2.45, 2.75) is 59.9 Å². The van der Waals surface area contributed by atoms with Crippen LogP contribution in [0.3, 0.4) is 0 Å². The van der Waals surface area contributed by atoms with Crippen molar-refractivity contribution in [3.63, 3.8) is 0 Å². The van der Waals surface area contributed by atoms with E-state index in [1.807, 2.05) is 32.0 Å². The molecule has 0 spiro atoms. The Morgan fingerprint density at radius 2 is 1.50 bits per heavy atom. The summed E-state index contributed by atoms with van der Waals surface area (Å²) in [7, 11) is 0. The number of carbonyl (C=O) groups is 2. The Bertz CT molecular complexity index is 1230. The quantitative estimate of drug-likeness (QED) is 0.470. The molecule has 34 heavy (non-hydrogen) atoms. The van der Waals surface area contributed by atoms with Crippen molar-refractivity contribution in [2.24, 2.45) is 5.92 Å². The van der Waals surface area contributed by atoms with Gasteiger partial charge in [-0.15, -0.1) is 0 Å². The van der Waals surface area contributed by atoms with Crippen LogP contribution in [0.5, 0.6) is 0 Å². The molecule has 0 radical (unpaired) electrons. The van der Waals surface area contributed by atoms with Gasteiger partial charge >= 0.3 is 5.97 Å². The number of carbonyl (C=O) groups excluding carboxylic acids is 2. The van der Waals surface area contributed by atoms with Gasteiger partial charge in [0.2, 0.25) is 0 Å². The smallest absolute Gasteiger partial charge is 0.359 e. The summed E-state index contributed by atoms with van der Waals surface area (Å²) in [5.41, 5.74) is 2.58. The highest BCUT2D eigenvalue weighted by atomic mass is 16.5. The Labute approximate surface area is 200 Å². The average molecular weight is 464 g/mol. The number of para-hydroxylation sites is 1. The number of rotatable bonds is 8. The van der Waals surface area contributed by atoms with E-state index in [2.05, 4.69) is 38.1 Å². The second-order valence-corrected chi connectivity index (χ2v) is 9.52. The molecule has 1 N–H and O–H groups in total. The number of ether oxygens (including phenoxy) is 1. The van der Waals surface area contributed by atoms with Gasteiger partial charge in [0.1, 0.15) is 0 Å². The second kappa shape index (κ2) is 10.6. The lowest BCUT2D eigenvalue weighted by Crippen LogP contribution is -2.29. The Morgan fingerprint density at radius 3 is 2.06 bits per heavy atom. The molecule has 180 valence electrons. The first-order chi connectivity index (χ1) is 16.1. The number of anilines is 1. The van der Waals surface area contributed by atoms with Crippen molar-refractivity contribution < 1.29 is 14.3 Å². The summed E-state index contributed by atoms with van der Waals surface area (Å²) < 4.78 is 6.63. The third-order valence-corrected chi connectivity index (χ3v) is 5.57. The molecule has 1 aromatic heterocycles. The Morgan fingerprint density at radius 1 is 0.912 bits per heavy atom. The van der Waals surface area contributed by atoms with Crippen molar-refractivity contribution in [1.29, 1.82) is 0 Å². The molecule has 0 fully saturated rings. The lowest BCUT2D eigenvalue weighted by atomic mass is 9.92. The van der Waals surface area contributed by atoms with E-state index >= 15 is 0 Å². The van der Waals surface area contributed by atoms with E-state index in [-0.39, 0.29) is 29.0 Å². The monoisotopic (exact) mass is 463 g/mol. The van der Waals surface area contributed by atoms with Crippen LogP contribution in [0.25, 0.3) is 10.8 Å². The van der Waals surface area contributed by atoms with Gasteiger partial charge in [0.25, 0.3) is 11.5 Å². The van der Waals surface area contributed by atoms with Crippen LogP contribution in [0, 0.1) is 5.92 Å². The number of hydrogen-bond acceptors (Lipinski definition) is 5. The molecule has 0 bridgehead atoms. The predicted molar refractivity (Wildman–Crippen MR) is 134 cm³/mol. The number of nitrogens with zero attached hydrogens (tertiary/aromatic N) is 2. The zero-order chi connectivity index (χ0) is 25.0.